The minimum absolute atomic E-state index is 0. The number of hydrogen-bond acceptors (Lipinski definition) is 0. The third-order valence-corrected chi connectivity index (χ3v) is 9.91. The van der Waals surface area contributed by atoms with Crippen molar-refractivity contribution in [1.82, 2.24) is 0 Å². The molecule has 252 valence electrons. The van der Waals surface area contributed by atoms with Crippen LogP contribution in [0.3, 0.4) is 0 Å². The Morgan fingerprint density at radius 3 is 1.10 bits per heavy atom. The molecule has 0 aliphatic carbocycles. The van der Waals surface area contributed by atoms with Crippen molar-refractivity contribution in [2.24, 2.45) is 0 Å². The molecular weight excluding hydrogens is 720 g/mol. The van der Waals surface area contributed by atoms with Crippen molar-refractivity contribution >= 4 is 71.5 Å². The Bertz CT molecular complexity index is 2640. The summed E-state index contributed by atoms with van der Waals surface area (Å²) in [5.41, 5.74) is 7.93. The van der Waals surface area contributed by atoms with Crippen LogP contribution in [0.1, 0.15) is 11.1 Å². The zero-order valence-electron chi connectivity index (χ0n) is 30.2. The average molecular weight is 760 g/mol. The molecule has 0 aromatic heterocycles. The van der Waals surface area contributed by atoms with Crippen molar-refractivity contribution in [2.75, 3.05) is 0 Å². The van der Waals surface area contributed by atoms with Crippen LogP contribution in [0.4, 0.5) is 0 Å². The third-order valence-electron chi connectivity index (χ3n) is 9.91. The summed E-state index contributed by atoms with van der Waals surface area (Å²) in [5, 5.41) is 15.9. The van der Waals surface area contributed by atoms with Crippen LogP contribution in [-0.4, -0.2) is 6.88 Å². The predicted octanol–water partition coefficient (Wildman–Crippen LogP) is 14.2. The summed E-state index contributed by atoms with van der Waals surface area (Å²) in [6, 6.07) is 61.9. The average Bonchev–Trinajstić information content (AvgIpc) is 3.76. The van der Waals surface area contributed by atoms with E-state index in [4.69, 9.17) is 0 Å². The number of hydrogen-bond donors (Lipinski definition) is 0. The van der Waals surface area contributed by atoms with E-state index in [1.807, 2.05) is 0 Å². The normalized spacial score (nSPS) is 10.7. The summed E-state index contributed by atoms with van der Waals surface area (Å²) in [7, 11) is 0. The van der Waals surface area contributed by atoms with Gasteiger partial charge < -0.3 is 14.9 Å². The Labute approximate surface area is 324 Å². The predicted molar refractivity (Wildman–Crippen MR) is 228 cm³/mol. The fourth-order valence-electron chi connectivity index (χ4n) is 7.79. The van der Waals surface area contributed by atoms with Crippen LogP contribution in [-0.2, 0) is 23.3 Å². The quantitative estimate of drug-likeness (QED) is 0.0935. The van der Waals surface area contributed by atoms with Gasteiger partial charge in [-0.05, 0) is 66.3 Å². The van der Waals surface area contributed by atoms with Crippen molar-refractivity contribution in [3.05, 3.63) is 196 Å². The van der Waals surface area contributed by atoms with E-state index < -0.39 is 0 Å². The molecule has 0 saturated carbocycles. The number of aryl methyl sites for hydroxylation is 2. The van der Waals surface area contributed by atoms with Gasteiger partial charge in [0, 0.05) is 0 Å². The second-order valence-electron chi connectivity index (χ2n) is 13.1. The molecule has 0 spiro atoms. The van der Waals surface area contributed by atoms with Gasteiger partial charge in [0.1, 0.15) is 0 Å². The van der Waals surface area contributed by atoms with Crippen molar-refractivity contribution < 1.29 is 23.3 Å². The SMILES string of the molecule is Cc1cc2c(-c3cc4ccccc4c4ccccc34)cccc2[cH-]1.Cc1cc2c(-c3cc4ccccc4c4ccccc34)cccc2[cH-]1.[CH3-].[CH3-].[Si]=[Zr]. The van der Waals surface area contributed by atoms with Gasteiger partial charge in [-0.25, -0.2) is 0 Å². The van der Waals surface area contributed by atoms with E-state index in [1.54, 1.807) is 0 Å². The van der Waals surface area contributed by atoms with Gasteiger partial charge >= 0.3 is 30.2 Å². The van der Waals surface area contributed by atoms with Crippen LogP contribution in [0.5, 0.6) is 0 Å². The second kappa shape index (κ2) is 15.8. The van der Waals surface area contributed by atoms with Gasteiger partial charge in [-0.15, -0.1) is 69.1 Å². The van der Waals surface area contributed by atoms with Crippen LogP contribution in [0.25, 0.3) is 86.9 Å². The molecule has 0 saturated heterocycles. The Balaban J connectivity index is 0.000000164. The molecule has 0 atom stereocenters. The van der Waals surface area contributed by atoms with E-state index in [0.29, 0.717) is 0 Å². The fraction of sp³-hybridized carbons (Fsp3) is 0.0400. The Hall–Kier alpha value is -4.88. The van der Waals surface area contributed by atoms with Crippen LogP contribution < -0.4 is 0 Å². The standard InChI is InChI=1S/2C24H17.2CH3.Si.Zr/c2*1-16-13-17-8-6-12-22(23(17)14-16)24-15-18-7-2-3-9-19(18)20-10-4-5-11-21(20)24;;;;/h2*2-15H,1H3;2*1H3;;/q4*-1;;. The van der Waals surface area contributed by atoms with Gasteiger partial charge in [0.15, 0.2) is 0 Å². The molecule has 2 heteroatoms. The first-order valence-corrected chi connectivity index (χ1v) is 21.2. The monoisotopic (exact) mass is 758 g/mol. The van der Waals surface area contributed by atoms with Crippen LogP contribution in [0.2, 0.25) is 0 Å². The summed E-state index contributed by atoms with van der Waals surface area (Å²) in [6.07, 6.45) is 0. The van der Waals surface area contributed by atoms with Gasteiger partial charge in [0.25, 0.3) is 0 Å². The molecule has 0 heterocycles. The van der Waals surface area contributed by atoms with Gasteiger partial charge in [0.05, 0.1) is 0 Å². The molecule has 0 aliphatic rings. The van der Waals surface area contributed by atoms with E-state index in [0.717, 1.165) is 0 Å². The second-order valence-corrected chi connectivity index (χ2v) is 13.1. The topological polar surface area (TPSA) is 0 Å². The zero-order chi connectivity index (χ0) is 34.2. The van der Waals surface area contributed by atoms with Gasteiger partial charge in [0.2, 0.25) is 0 Å². The molecule has 0 amide bonds. The molecule has 0 nitrogen and oxygen atoms in total. The first-order valence-electron chi connectivity index (χ1n) is 17.0. The summed E-state index contributed by atoms with van der Waals surface area (Å²) in [5.74, 6) is 0. The van der Waals surface area contributed by atoms with Gasteiger partial charge in [-0.1, -0.05) is 134 Å². The number of rotatable bonds is 2. The summed E-state index contributed by atoms with van der Waals surface area (Å²) < 4.78 is 0. The van der Waals surface area contributed by atoms with E-state index in [9.17, 15) is 0 Å². The Kier molecular flexibility index (Phi) is 11.2. The molecule has 10 aromatic carbocycles. The molecule has 10 rings (SSSR count). The maximum absolute atomic E-state index is 3.06. The molecule has 0 unspecified atom stereocenters. The summed E-state index contributed by atoms with van der Waals surface area (Å²) in [4.78, 5) is 0. The van der Waals surface area contributed by atoms with Crippen LogP contribution in [0.15, 0.2) is 170 Å². The zero-order valence-corrected chi connectivity index (χ0v) is 33.6. The van der Waals surface area contributed by atoms with Crippen LogP contribution in [0, 0.1) is 28.7 Å². The van der Waals surface area contributed by atoms with E-state index in [1.165, 1.54) is 121 Å². The number of fused-ring (bicyclic) bond motifs is 8. The van der Waals surface area contributed by atoms with E-state index in [-0.39, 0.29) is 14.9 Å². The molecule has 52 heavy (non-hydrogen) atoms. The molecule has 0 aliphatic heterocycles. The van der Waals surface area contributed by atoms with E-state index >= 15 is 0 Å². The summed E-state index contributed by atoms with van der Waals surface area (Å²) in [6.45, 7) is 7.40. The first-order chi connectivity index (χ1) is 24.6. The minimum atomic E-state index is 0. The van der Waals surface area contributed by atoms with Gasteiger partial charge in [-0.2, -0.15) is 12.1 Å². The van der Waals surface area contributed by atoms with Crippen molar-refractivity contribution in [2.45, 2.75) is 13.8 Å². The van der Waals surface area contributed by atoms with E-state index in [2.05, 4.69) is 191 Å². The van der Waals surface area contributed by atoms with Crippen molar-refractivity contribution in [3.63, 3.8) is 0 Å². The summed E-state index contributed by atoms with van der Waals surface area (Å²) >= 11 is 1.36. The molecule has 0 N–H and O–H groups in total. The molecule has 2 radical (unpaired) electrons. The first kappa shape index (κ1) is 36.9. The third kappa shape index (κ3) is 6.63. The van der Waals surface area contributed by atoms with Crippen LogP contribution >= 0.6 is 0 Å². The van der Waals surface area contributed by atoms with Crippen molar-refractivity contribution in [3.8, 4) is 22.3 Å². The molecular formula is C50H40SiZr-4. The van der Waals surface area contributed by atoms with Gasteiger partial charge in [-0.3, -0.25) is 0 Å². The molecule has 10 aromatic rings. The maximum atomic E-state index is 3.06. The Morgan fingerprint density at radius 2 is 0.692 bits per heavy atom. The fourth-order valence-corrected chi connectivity index (χ4v) is 7.79. The number of benzene rings is 8. The molecule has 0 fully saturated rings. The van der Waals surface area contributed by atoms with Crippen molar-refractivity contribution in [1.29, 1.82) is 0 Å². The molecule has 0 bridgehead atoms. The Morgan fingerprint density at radius 1 is 0.346 bits per heavy atom.